The average Bonchev–Trinajstić information content (AvgIpc) is 2.82. The number of carbonyl (C=O) groups excluding carboxylic acids is 1. The minimum absolute atomic E-state index is 0.0748. The third kappa shape index (κ3) is 27.1. The Kier molecular flexibility index (Phi) is 26.2. The van der Waals surface area contributed by atoms with Crippen molar-refractivity contribution in [2.75, 3.05) is 0 Å². The van der Waals surface area contributed by atoms with E-state index in [4.69, 9.17) is 9.84 Å². The Morgan fingerprint density at radius 1 is 0.629 bits per heavy atom. The summed E-state index contributed by atoms with van der Waals surface area (Å²) in [6.45, 7) is 4.48. The van der Waals surface area contributed by atoms with Gasteiger partial charge >= 0.3 is 11.9 Å². The van der Waals surface area contributed by atoms with Crippen LogP contribution < -0.4 is 0 Å². The summed E-state index contributed by atoms with van der Waals surface area (Å²) in [5.41, 5.74) is 0. The number of rotatable bonds is 27. The molecule has 0 rings (SSSR count). The molecule has 0 radical (unpaired) electrons. The van der Waals surface area contributed by atoms with Gasteiger partial charge in [-0.15, -0.1) is 0 Å². The zero-order chi connectivity index (χ0) is 25.8. The standard InChI is InChI=1S/C31H58O4/c1-3-5-7-9-11-13-14-15-16-17-18-19-21-23-25-27-31(34)35-29(28-30(32)33)26-24-22-20-12-10-8-6-4-2/h15-16,29H,3-14,17-28H2,1-2H3,(H,32,33)/b16-15-. The summed E-state index contributed by atoms with van der Waals surface area (Å²) >= 11 is 0. The third-order valence-electron chi connectivity index (χ3n) is 6.72. The number of allylic oxidation sites excluding steroid dienone is 2. The van der Waals surface area contributed by atoms with Gasteiger partial charge in [-0.2, -0.15) is 0 Å². The second-order valence-corrected chi connectivity index (χ2v) is 10.3. The molecule has 0 aromatic rings. The van der Waals surface area contributed by atoms with Crippen molar-refractivity contribution in [1.29, 1.82) is 0 Å². The molecule has 0 saturated heterocycles. The Morgan fingerprint density at radius 2 is 1.06 bits per heavy atom. The van der Waals surface area contributed by atoms with Gasteiger partial charge in [-0.3, -0.25) is 9.59 Å². The molecule has 0 amide bonds. The largest absolute Gasteiger partial charge is 0.481 e. The summed E-state index contributed by atoms with van der Waals surface area (Å²) in [5.74, 6) is -1.11. The summed E-state index contributed by atoms with van der Waals surface area (Å²) in [4.78, 5) is 23.3. The Morgan fingerprint density at radius 3 is 1.54 bits per heavy atom. The van der Waals surface area contributed by atoms with Gasteiger partial charge in [0.2, 0.25) is 0 Å². The van der Waals surface area contributed by atoms with Crippen molar-refractivity contribution >= 4 is 11.9 Å². The van der Waals surface area contributed by atoms with E-state index in [9.17, 15) is 9.59 Å². The molecule has 1 unspecified atom stereocenters. The fourth-order valence-corrected chi connectivity index (χ4v) is 4.49. The molecule has 1 N–H and O–H groups in total. The summed E-state index contributed by atoms with van der Waals surface area (Å²) in [5, 5.41) is 9.14. The number of carbonyl (C=O) groups is 2. The van der Waals surface area contributed by atoms with Gasteiger partial charge < -0.3 is 9.84 Å². The van der Waals surface area contributed by atoms with E-state index >= 15 is 0 Å². The molecule has 0 bridgehead atoms. The quantitative estimate of drug-likeness (QED) is 0.0701. The smallest absolute Gasteiger partial charge is 0.307 e. The van der Waals surface area contributed by atoms with Gasteiger partial charge in [0.1, 0.15) is 6.10 Å². The highest BCUT2D eigenvalue weighted by molar-refractivity contribution is 5.71. The summed E-state index contributed by atoms with van der Waals surface area (Å²) in [6.07, 6.45) is 30.8. The lowest BCUT2D eigenvalue weighted by atomic mass is 10.0. The molecule has 0 saturated carbocycles. The molecule has 0 fully saturated rings. The van der Waals surface area contributed by atoms with E-state index in [2.05, 4.69) is 26.0 Å². The molecule has 0 aromatic carbocycles. The van der Waals surface area contributed by atoms with Crippen molar-refractivity contribution < 1.29 is 19.4 Å². The highest BCUT2D eigenvalue weighted by Crippen LogP contribution is 2.16. The van der Waals surface area contributed by atoms with E-state index in [1.807, 2.05) is 0 Å². The predicted octanol–water partition coefficient (Wildman–Crippen LogP) is 9.94. The van der Waals surface area contributed by atoms with Crippen LogP contribution in [0.3, 0.4) is 0 Å². The van der Waals surface area contributed by atoms with Crippen LogP contribution in [0, 0.1) is 0 Å². The second-order valence-electron chi connectivity index (χ2n) is 10.3. The van der Waals surface area contributed by atoms with Crippen LogP contribution in [-0.2, 0) is 14.3 Å². The van der Waals surface area contributed by atoms with Crippen molar-refractivity contribution in [2.24, 2.45) is 0 Å². The number of hydrogen-bond acceptors (Lipinski definition) is 3. The SMILES string of the molecule is CCCCCCCC/C=C\CCCCCCCC(=O)OC(CCCCCCCCCC)CC(=O)O. The number of carboxylic acid groups (broad SMARTS) is 1. The van der Waals surface area contributed by atoms with E-state index in [0.717, 1.165) is 38.5 Å². The minimum atomic E-state index is -0.886. The van der Waals surface area contributed by atoms with Crippen molar-refractivity contribution in [2.45, 2.75) is 174 Å². The third-order valence-corrected chi connectivity index (χ3v) is 6.72. The Labute approximate surface area is 217 Å². The maximum atomic E-state index is 12.2. The van der Waals surface area contributed by atoms with Gasteiger partial charge in [0.15, 0.2) is 0 Å². The van der Waals surface area contributed by atoms with Gasteiger partial charge in [-0.05, 0) is 44.9 Å². The Hall–Kier alpha value is -1.32. The second kappa shape index (κ2) is 27.3. The van der Waals surface area contributed by atoms with Crippen LogP contribution in [0.15, 0.2) is 12.2 Å². The summed E-state index contributed by atoms with van der Waals surface area (Å²) in [7, 11) is 0. The van der Waals surface area contributed by atoms with Crippen LogP contribution in [0.4, 0.5) is 0 Å². The highest BCUT2D eigenvalue weighted by Gasteiger charge is 2.17. The van der Waals surface area contributed by atoms with E-state index in [1.165, 1.54) is 96.3 Å². The minimum Gasteiger partial charge on any atom is -0.481 e. The molecule has 1 atom stereocenters. The van der Waals surface area contributed by atoms with E-state index < -0.39 is 12.1 Å². The molecule has 0 aliphatic rings. The van der Waals surface area contributed by atoms with Crippen LogP contribution in [0.2, 0.25) is 0 Å². The Bertz CT molecular complexity index is 500. The zero-order valence-electron chi connectivity index (χ0n) is 23.4. The van der Waals surface area contributed by atoms with Crippen molar-refractivity contribution in [3.05, 3.63) is 12.2 Å². The van der Waals surface area contributed by atoms with E-state index in [0.29, 0.717) is 12.8 Å². The Balaban J connectivity index is 3.68. The van der Waals surface area contributed by atoms with Gasteiger partial charge in [-0.1, -0.05) is 122 Å². The van der Waals surface area contributed by atoms with Crippen LogP contribution in [0.1, 0.15) is 168 Å². The van der Waals surface area contributed by atoms with Gasteiger partial charge in [0, 0.05) is 6.42 Å². The molecule has 0 heterocycles. The first-order valence-electron chi connectivity index (χ1n) is 15.2. The first-order valence-corrected chi connectivity index (χ1v) is 15.2. The number of esters is 1. The number of carboxylic acids is 1. The number of ether oxygens (including phenoxy) is 1. The molecule has 4 heteroatoms. The molecule has 206 valence electrons. The molecular weight excluding hydrogens is 436 g/mol. The lowest BCUT2D eigenvalue weighted by Crippen LogP contribution is -2.21. The lowest BCUT2D eigenvalue weighted by molar-refractivity contribution is -0.153. The maximum Gasteiger partial charge on any atom is 0.307 e. The predicted molar refractivity (Wildman–Crippen MR) is 149 cm³/mol. The van der Waals surface area contributed by atoms with Gasteiger partial charge in [-0.25, -0.2) is 0 Å². The van der Waals surface area contributed by atoms with E-state index in [-0.39, 0.29) is 12.4 Å². The average molecular weight is 495 g/mol. The van der Waals surface area contributed by atoms with Crippen LogP contribution in [0.25, 0.3) is 0 Å². The van der Waals surface area contributed by atoms with Crippen LogP contribution in [-0.4, -0.2) is 23.1 Å². The molecule has 0 aromatic heterocycles. The number of unbranched alkanes of at least 4 members (excludes halogenated alkanes) is 18. The molecule has 0 aliphatic heterocycles. The lowest BCUT2D eigenvalue weighted by Gasteiger charge is -2.16. The topological polar surface area (TPSA) is 63.6 Å². The fraction of sp³-hybridized carbons (Fsp3) is 0.871. The molecule has 4 nitrogen and oxygen atoms in total. The number of aliphatic carboxylic acids is 1. The van der Waals surface area contributed by atoms with Crippen LogP contribution in [0.5, 0.6) is 0 Å². The first-order chi connectivity index (χ1) is 17.1. The monoisotopic (exact) mass is 494 g/mol. The van der Waals surface area contributed by atoms with Gasteiger partial charge in [0.25, 0.3) is 0 Å². The highest BCUT2D eigenvalue weighted by atomic mass is 16.5. The fourth-order valence-electron chi connectivity index (χ4n) is 4.49. The van der Waals surface area contributed by atoms with Crippen LogP contribution >= 0.6 is 0 Å². The molecule has 35 heavy (non-hydrogen) atoms. The zero-order valence-corrected chi connectivity index (χ0v) is 23.4. The molecule has 0 aliphatic carbocycles. The van der Waals surface area contributed by atoms with Crippen molar-refractivity contribution in [1.82, 2.24) is 0 Å². The first kappa shape index (κ1) is 33.7. The van der Waals surface area contributed by atoms with Crippen molar-refractivity contribution in [3.8, 4) is 0 Å². The van der Waals surface area contributed by atoms with Gasteiger partial charge in [0.05, 0.1) is 6.42 Å². The normalized spacial score (nSPS) is 12.3. The van der Waals surface area contributed by atoms with Crippen molar-refractivity contribution in [3.63, 3.8) is 0 Å². The molecule has 0 spiro atoms. The number of hydrogen-bond donors (Lipinski definition) is 1. The molecular formula is C31H58O4. The summed E-state index contributed by atoms with van der Waals surface area (Å²) < 4.78 is 5.51. The summed E-state index contributed by atoms with van der Waals surface area (Å²) in [6, 6.07) is 0. The van der Waals surface area contributed by atoms with E-state index in [1.54, 1.807) is 0 Å². The maximum absolute atomic E-state index is 12.2.